The Balaban J connectivity index is 0.00000324. The van der Waals surface area contributed by atoms with Crippen LogP contribution < -0.4 is 5.32 Å². The smallest absolute Gasteiger partial charge is 0.242 e. The number of likely N-dealkylation sites (N-methyl/N-ethyl adjacent to an activating group) is 2. The minimum atomic E-state index is 0. The number of amides is 1. The summed E-state index contributed by atoms with van der Waals surface area (Å²) in [6.45, 7) is 5.91. The zero-order chi connectivity index (χ0) is 13.5. The van der Waals surface area contributed by atoms with E-state index in [0.29, 0.717) is 12.6 Å². The Bertz CT molecular complexity index is 301. The van der Waals surface area contributed by atoms with E-state index >= 15 is 0 Å². The molecular formula is C13H27IN4O. The lowest BCUT2D eigenvalue weighted by Crippen LogP contribution is -2.50. The number of nitrogens with one attached hydrogen (secondary N) is 1. The first kappa shape index (κ1) is 18.5. The van der Waals surface area contributed by atoms with Gasteiger partial charge in [0.2, 0.25) is 5.91 Å². The van der Waals surface area contributed by atoms with E-state index in [9.17, 15) is 4.79 Å². The Morgan fingerprint density at radius 2 is 1.89 bits per heavy atom. The molecule has 1 amide bonds. The van der Waals surface area contributed by atoms with Gasteiger partial charge in [-0.3, -0.25) is 9.79 Å². The van der Waals surface area contributed by atoms with Crippen LogP contribution in [-0.4, -0.2) is 61.4 Å². The number of hydrogen-bond acceptors (Lipinski definition) is 2. The molecule has 0 saturated heterocycles. The molecule has 0 heterocycles. The van der Waals surface area contributed by atoms with Crippen LogP contribution in [-0.2, 0) is 4.79 Å². The zero-order valence-electron chi connectivity index (χ0n) is 12.5. The molecule has 5 nitrogen and oxygen atoms in total. The van der Waals surface area contributed by atoms with E-state index in [1.165, 1.54) is 19.3 Å². The van der Waals surface area contributed by atoms with E-state index in [1.807, 2.05) is 30.7 Å². The molecule has 0 aliphatic heterocycles. The van der Waals surface area contributed by atoms with Crippen LogP contribution in [0.15, 0.2) is 4.99 Å². The average molecular weight is 382 g/mol. The summed E-state index contributed by atoms with van der Waals surface area (Å²) in [6, 6.07) is 0.537. The van der Waals surface area contributed by atoms with Crippen LogP contribution in [0.4, 0.5) is 0 Å². The molecule has 1 saturated carbocycles. The maximum absolute atomic E-state index is 12.0. The Kier molecular flexibility index (Phi) is 9.12. The summed E-state index contributed by atoms with van der Waals surface area (Å²) in [5, 5.41) is 3.39. The van der Waals surface area contributed by atoms with Crippen molar-refractivity contribution in [1.82, 2.24) is 15.1 Å². The molecule has 19 heavy (non-hydrogen) atoms. The van der Waals surface area contributed by atoms with E-state index in [2.05, 4.69) is 10.3 Å². The van der Waals surface area contributed by atoms with Crippen LogP contribution >= 0.6 is 24.0 Å². The van der Waals surface area contributed by atoms with Crippen molar-refractivity contribution in [1.29, 1.82) is 0 Å². The highest BCUT2D eigenvalue weighted by molar-refractivity contribution is 14.0. The molecule has 112 valence electrons. The number of carbonyl (C=O) groups is 1. The summed E-state index contributed by atoms with van der Waals surface area (Å²) in [4.78, 5) is 20.0. The maximum Gasteiger partial charge on any atom is 0.242 e. The molecule has 0 atom stereocenters. The number of rotatable bonds is 5. The highest BCUT2D eigenvalue weighted by Gasteiger charge is 2.21. The molecule has 0 aromatic rings. The van der Waals surface area contributed by atoms with Crippen molar-refractivity contribution in [2.75, 3.05) is 33.7 Å². The van der Waals surface area contributed by atoms with Gasteiger partial charge in [-0.25, -0.2) is 0 Å². The standard InChI is InChI=1S/C13H26N4O.HI/c1-5-17(6-2)12(18)10-16(4)13(14-3)15-11-8-7-9-11;/h11H,5-10H2,1-4H3,(H,14,15);1H. The fourth-order valence-corrected chi connectivity index (χ4v) is 2.03. The first-order valence-corrected chi connectivity index (χ1v) is 6.84. The lowest BCUT2D eigenvalue weighted by Gasteiger charge is -2.32. The monoisotopic (exact) mass is 382 g/mol. The Morgan fingerprint density at radius 1 is 1.32 bits per heavy atom. The van der Waals surface area contributed by atoms with Crippen LogP contribution in [0.1, 0.15) is 33.1 Å². The summed E-state index contributed by atoms with van der Waals surface area (Å²) in [5.41, 5.74) is 0. The van der Waals surface area contributed by atoms with Crippen LogP contribution in [0.2, 0.25) is 0 Å². The van der Waals surface area contributed by atoms with Crippen molar-refractivity contribution >= 4 is 35.8 Å². The molecule has 1 aliphatic rings. The normalized spacial score (nSPS) is 15.3. The molecule has 1 N–H and O–H groups in total. The third-order valence-corrected chi connectivity index (χ3v) is 3.50. The lowest BCUT2D eigenvalue weighted by molar-refractivity contribution is -0.131. The lowest BCUT2D eigenvalue weighted by atomic mass is 9.93. The van der Waals surface area contributed by atoms with Gasteiger partial charge in [-0.1, -0.05) is 0 Å². The van der Waals surface area contributed by atoms with Crippen molar-refractivity contribution in [2.45, 2.75) is 39.2 Å². The maximum atomic E-state index is 12.0. The summed E-state index contributed by atoms with van der Waals surface area (Å²) >= 11 is 0. The van der Waals surface area contributed by atoms with Crippen molar-refractivity contribution in [3.63, 3.8) is 0 Å². The minimum Gasteiger partial charge on any atom is -0.354 e. The van der Waals surface area contributed by atoms with E-state index in [4.69, 9.17) is 0 Å². The van der Waals surface area contributed by atoms with E-state index < -0.39 is 0 Å². The second-order valence-electron chi connectivity index (χ2n) is 4.74. The van der Waals surface area contributed by atoms with Crippen LogP contribution in [0.25, 0.3) is 0 Å². The quantitative estimate of drug-likeness (QED) is 0.446. The van der Waals surface area contributed by atoms with Crippen LogP contribution in [0, 0.1) is 0 Å². The van der Waals surface area contributed by atoms with Crippen LogP contribution in [0.3, 0.4) is 0 Å². The summed E-state index contributed by atoms with van der Waals surface area (Å²) in [5.74, 6) is 0.972. The number of guanidine groups is 1. The predicted molar refractivity (Wildman–Crippen MR) is 90.1 cm³/mol. The third kappa shape index (κ3) is 5.54. The number of carbonyl (C=O) groups excluding carboxylic acids is 1. The Labute approximate surface area is 133 Å². The van der Waals surface area contributed by atoms with Crippen molar-refractivity contribution in [2.24, 2.45) is 4.99 Å². The van der Waals surface area contributed by atoms with Crippen molar-refractivity contribution in [3.05, 3.63) is 0 Å². The van der Waals surface area contributed by atoms with Gasteiger partial charge in [0.05, 0.1) is 6.54 Å². The number of hydrogen-bond donors (Lipinski definition) is 1. The first-order valence-electron chi connectivity index (χ1n) is 6.84. The van der Waals surface area contributed by atoms with Gasteiger partial charge < -0.3 is 15.1 Å². The van der Waals surface area contributed by atoms with Crippen molar-refractivity contribution < 1.29 is 4.79 Å². The molecular weight excluding hydrogens is 355 g/mol. The molecule has 0 bridgehead atoms. The molecule has 6 heteroatoms. The second-order valence-corrected chi connectivity index (χ2v) is 4.74. The summed E-state index contributed by atoms with van der Waals surface area (Å²) in [6.07, 6.45) is 3.70. The Hall–Kier alpha value is -0.530. The zero-order valence-corrected chi connectivity index (χ0v) is 14.8. The minimum absolute atomic E-state index is 0. The van der Waals surface area contributed by atoms with E-state index in [1.54, 1.807) is 7.05 Å². The summed E-state index contributed by atoms with van der Waals surface area (Å²) < 4.78 is 0. The SMILES string of the molecule is CCN(CC)C(=O)CN(C)C(=NC)NC1CCC1.I. The average Bonchev–Trinajstić information content (AvgIpc) is 2.29. The number of aliphatic imine (C=N–C) groups is 1. The van der Waals surface area contributed by atoms with Gasteiger partial charge in [-0.15, -0.1) is 24.0 Å². The largest absolute Gasteiger partial charge is 0.354 e. The molecule has 0 spiro atoms. The van der Waals surface area contributed by atoms with Gasteiger partial charge in [0.1, 0.15) is 0 Å². The van der Waals surface area contributed by atoms with Crippen molar-refractivity contribution in [3.8, 4) is 0 Å². The number of nitrogens with zero attached hydrogens (tertiary/aromatic N) is 3. The van der Waals surface area contributed by atoms with Gasteiger partial charge >= 0.3 is 0 Å². The van der Waals surface area contributed by atoms with Crippen LogP contribution in [0.5, 0.6) is 0 Å². The highest BCUT2D eigenvalue weighted by Crippen LogP contribution is 2.18. The summed E-state index contributed by atoms with van der Waals surface area (Å²) in [7, 11) is 3.68. The second kappa shape index (κ2) is 9.39. The fourth-order valence-electron chi connectivity index (χ4n) is 2.03. The molecule has 1 aliphatic carbocycles. The van der Waals surface area contributed by atoms with Gasteiger partial charge in [0.25, 0.3) is 0 Å². The van der Waals surface area contributed by atoms with Gasteiger partial charge in [0, 0.05) is 33.2 Å². The van der Waals surface area contributed by atoms with E-state index in [-0.39, 0.29) is 29.9 Å². The van der Waals surface area contributed by atoms with Gasteiger partial charge in [-0.05, 0) is 33.1 Å². The molecule has 0 aromatic carbocycles. The highest BCUT2D eigenvalue weighted by atomic mass is 127. The molecule has 1 rings (SSSR count). The van der Waals surface area contributed by atoms with Gasteiger partial charge in [-0.2, -0.15) is 0 Å². The van der Waals surface area contributed by atoms with E-state index in [0.717, 1.165) is 19.0 Å². The molecule has 0 unspecified atom stereocenters. The molecule has 0 aromatic heterocycles. The fraction of sp³-hybridized carbons (Fsp3) is 0.846. The molecule has 1 fully saturated rings. The number of halogens is 1. The molecule has 0 radical (unpaired) electrons. The topological polar surface area (TPSA) is 47.9 Å². The van der Waals surface area contributed by atoms with Gasteiger partial charge in [0.15, 0.2) is 5.96 Å². The Morgan fingerprint density at radius 3 is 2.26 bits per heavy atom. The first-order chi connectivity index (χ1) is 8.62. The third-order valence-electron chi connectivity index (χ3n) is 3.50. The predicted octanol–water partition coefficient (Wildman–Crippen LogP) is 1.53.